The molecule has 0 bridgehead atoms. The number of hydrogen-bond donors (Lipinski definition) is 1. The van der Waals surface area contributed by atoms with Crippen molar-refractivity contribution < 1.29 is 9.53 Å². The Morgan fingerprint density at radius 1 is 1.50 bits per heavy atom. The van der Waals surface area contributed by atoms with Crippen LogP contribution in [0.2, 0.25) is 0 Å². The number of nitrogens with one attached hydrogen (secondary N) is 1. The van der Waals surface area contributed by atoms with Crippen molar-refractivity contribution in [1.29, 1.82) is 0 Å². The van der Waals surface area contributed by atoms with Crippen molar-refractivity contribution in [2.45, 2.75) is 52.3 Å². The second-order valence-electron chi connectivity index (χ2n) is 6.57. The van der Waals surface area contributed by atoms with Gasteiger partial charge < -0.3 is 15.0 Å². The van der Waals surface area contributed by atoms with Crippen molar-refractivity contribution in [2.24, 2.45) is 5.41 Å². The third kappa shape index (κ3) is 3.24. The van der Waals surface area contributed by atoms with E-state index in [4.69, 9.17) is 4.74 Å². The van der Waals surface area contributed by atoms with Crippen LogP contribution in [0.1, 0.15) is 45.7 Å². The van der Waals surface area contributed by atoms with Gasteiger partial charge in [-0.05, 0) is 38.0 Å². The molecule has 5 heteroatoms. The summed E-state index contributed by atoms with van der Waals surface area (Å²) in [5.41, 5.74) is 1.06. The Kier molecular flexibility index (Phi) is 5.06. The molecule has 1 saturated carbocycles. The number of ether oxygens (including phenoxy) is 1. The topological polar surface area (TPSA) is 54.5 Å². The molecule has 1 aliphatic carbocycles. The fourth-order valence-electron chi connectivity index (χ4n) is 2.91. The van der Waals surface area contributed by atoms with Gasteiger partial charge in [-0.1, -0.05) is 13.8 Å². The van der Waals surface area contributed by atoms with Gasteiger partial charge in [-0.2, -0.15) is 0 Å². The van der Waals surface area contributed by atoms with Crippen molar-refractivity contribution in [2.75, 3.05) is 13.7 Å². The second-order valence-corrected chi connectivity index (χ2v) is 6.57. The number of carbonyl (C=O) groups excluding carboxylic acids is 1. The molecule has 3 atom stereocenters. The largest absolute Gasteiger partial charge is 0.378 e. The van der Waals surface area contributed by atoms with Gasteiger partial charge in [0.15, 0.2) is 0 Å². The number of urea groups is 1. The van der Waals surface area contributed by atoms with Crippen LogP contribution >= 0.6 is 0 Å². The lowest BCUT2D eigenvalue weighted by Crippen LogP contribution is -2.63. The summed E-state index contributed by atoms with van der Waals surface area (Å²) >= 11 is 0. The van der Waals surface area contributed by atoms with E-state index in [-0.39, 0.29) is 29.6 Å². The molecule has 1 N–H and O–H groups in total. The number of nitrogens with zero attached hydrogens (tertiary/aromatic N) is 2. The summed E-state index contributed by atoms with van der Waals surface area (Å²) < 4.78 is 5.71. The summed E-state index contributed by atoms with van der Waals surface area (Å²) in [7, 11) is 1.83. The predicted octanol–water partition coefficient (Wildman–Crippen LogP) is 2.99. The van der Waals surface area contributed by atoms with Crippen molar-refractivity contribution in [3.8, 4) is 0 Å². The van der Waals surface area contributed by atoms with Gasteiger partial charge in [0.05, 0.1) is 12.1 Å². The van der Waals surface area contributed by atoms with E-state index in [1.165, 1.54) is 0 Å². The van der Waals surface area contributed by atoms with Crippen molar-refractivity contribution >= 4 is 6.03 Å². The molecular formula is C17H27N3O2. The van der Waals surface area contributed by atoms with Gasteiger partial charge in [-0.15, -0.1) is 0 Å². The zero-order chi connectivity index (χ0) is 16.3. The maximum Gasteiger partial charge on any atom is 0.317 e. The first kappa shape index (κ1) is 16.7. The van der Waals surface area contributed by atoms with Crippen LogP contribution in [0.4, 0.5) is 4.79 Å². The Balaban J connectivity index is 1.93. The van der Waals surface area contributed by atoms with Gasteiger partial charge >= 0.3 is 6.03 Å². The normalized spacial score (nSPS) is 24.2. The molecular weight excluding hydrogens is 278 g/mol. The first-order valence-corrected chi connectivity index (χ1v) is 7.92. The van der Waals surface area contributed by atoms with Crippen LogP contribution < -0.4 is 5.32 Å². The highest BCUT2D eigenvalue weighted by molar-refractivity contribution is 5.75. The van der Waals surface area contributed by atoms with Crippen LogP contribution in [-0.4, -0.2) is 41.7 Å². The van der Waals surface area contributed by atoms with Gasteiger partial charge in [0, 0.05) is 37.5 Å². The molecule has 0 radical (unpaired) electrons. The molecule has 22 heavy (non-hydrogen) atoms. The van der Waals surface area contributed by atoms with Crippen molar-refractivity contribution in [3.63, 3.8) is 0 Å². The Bertz CT molecular complexity index is 504. The Labute approximate surface area is 133 Å². The Morgan fingerprint density at radius 3 is 2.68 bits per heavy atom. The molecule has 2 amide bonds. The standard InChI is InChI=1S/C17H27N3O2/c1-6-22-15-11-14(17(15,3)4)19-16(21)20(5)12(2)13-7-9-18-10-8-13/h7-10,12,14-15H,6,11H2,1-5H3,(H,19,21)/t12-,14-,15-/m0/s1. The molecule has 0 saturated heterocycles. The molecule has 5 nitrogen and oxygen atoms in total. The van der Waals surface area contributed by atoms with Crippen LogP contribution in [0.3, 0.4) is 0 Å². The smallest absolute Gasteiger partial charge is 0.317 e. The molecule has 1 aromatic rings. The second kappa shape index (κ2) is 6.65. The monoisotopic (exact) mass is 305 g/mol. The summed E-state index contributed by atoms with van der Waals surface area (Å²) in [6.07, 6.45) is 4.61. The van der Waals surface area contributed by atoms with E-state index in [2.05, 4.69) is 24.1 Å². The van der Waals surface area contributed by atoms with Crippen molar-refractivity contribution in [3.05, 3.63) is 30.1 Å². The maximum absolute atomic E-state index is 12.5. The summed E-state index contributed by atoms with van der Waals surface area (Å²) in [6.45, 7) is 9.03. The van der Waals surface area contributed by atoms with Crippen LogP contribution in [0.15, 0.2) is 24.5 Å². The quantitative estimate of drug-likeness (QED) is 0.910. The van der Waals surface area contributed by atoms with E-state index < -0.39 is 0 Å². The maximum atomic E-state index is 12.5. The summed E-state index contributed by atoms with van der Waals surface area (Å²) in [5, 5.41) is 3.14. The Morgan fingerprint density at radius 2 is 2.14 bits per heavy atom. The van der Waals surface area contributed by atoms with Gasteiger partial charge in [0.1, 0.15) is 0 Å². The van der Waals surface area contributed by atoms with Crippen LogP contribution in [0.5, 0.6) is 0 Å². The average Bonchev–Trinajstić information content (AvgIpc) is 2.53. The lowest BCUT2D eigenvalue weighted by Gasteiger charge is -2.52. The summed E-state index contributed by atoms with van der Waals surface area (Å²) in [4.78, 5) is 18.2. The van der Waals surface area contributed by atoms with E-state index in [1.54, 1.807) is 17.3 Å². The zero-order valence-corrected chi connectivity index (χ0v) is 14.2. The molecule has 1 heterocycles. The Hall–Kier alpha value is -1.62. The molecule has 0 spiro atoms. The average molecular weight is 305 g/mol. The fourth-order valence-corrected chi connectivity index (χ4v) is 2.91. The molecule has 0 aromatic carbocycles. The number of hydrogen-bond acceptors (Lipinski definition) is 3. The highest BCUT2D eigenvalue weighted by atomic mass is 16.5. The van der Waals surface area contributed by atoms with E-state index in [0.717, 1.165) is 12.0 Å². The van der Waals surface area contributed by atoms with Gasteiger partial charge in [-0.3, -0.25) is 4.98 Å². The number of aromatic nitrogens is 1. The van der Waals surface area contributed by atoms with Gasteiger partial charge in [0.25, 0.3) is 0 Å². The molecule has 1 aromatic heterocycles. The van der Waals surface area contributed by atoms with Crippen LogP contribution in [0, 0.1) is 5.41 Å². The zero-order valence-electron chi connectivity index (χ0n) is 14.2. The highest BCUT2D eigenvalue weighted by Gasteiger charge is 2.49. The molecule has 1 aliphatic rings. The lowest BCUT2D eigenvalue weighted by atomic mass is 9.64. The van der Waals surface area contributed by atoms with Gasteiger partial charge in [-0.25, -0.2) is 4.79 Å². The number of rotatable bonds is 5. The first-order chi connectivity index (χ1) is 10.4. The predicted molar refractivity (Wildman–Crippen MR) is 86.5 cm³/mol. The molecule has 0 aliphatic heterocycles. The highest BCUT2D eigenvalue weighted by Crippen LogP contribution is 2.42. The summed E-state index contributed by atoms with van der Waals surface area (Å²) in [5.74, 6) is 0. The van der Waals surface area contributed by atoms with Crippen LogP contribution in [0.25, 0.3) is 0 Å². The number of amides is 2. The van der Waals surface area contributed by atoms with Gasteiger partial charge in [0.2, 0.25) is 0 Å². The van der Waals surface area contributed by atoms with Crippen LogP contribution in [-0.2, 0) is 4.74 Å². The number of carbonyl (C=O) groups is 1. The summed E-state index contributed by atoms with van der Waals surface area (Å²) in [6, 6.07) is 3.99. The minimum Gasteiger partial charge on any atom is -0.378 e. The van der Waals surface area contributed by atoms with E-state index in [1.807, 2.05) is 33.0 Å². The van der Waals surface area contributed by atoms with Crippen molar-refractivity contribution in [1.82, 2.24) is 15.2 Å². The minimum absolute atomic E-state index is 0.00822. The third-order valence-electron chi connectivity index (χ3n) is 4.93. The third-order valence-corrected chi connectivity index (χ3v) is 4.93. The molecule has 0 unspecified atom stereocenters. The lowest BCUT2D eigenvalue weighted by molar-refractivity contribution is -0.111. The SMILES string of the molecule is CCO[C@H]1C[C@H](NC(=O)N(C)[C@@H](C)c2ccncc2)C1(C)C. The van der Waals surface area contributed by atoms with E-state index >= 15 is 0 Å². The molecule has 122 valence electrons. The first-order valence-electron chi connectivity index (χ1n) is 7.92. The minimum atomic E-state index is -0.0441. The fraction of sp³-hybridized carbons (Fsp3) is 0.647. The molecule has 2 rings (SSSR count). The molecule has 1 fully saturated rings. The van der Waals surface area contributed by atoms with E-state index in [9.17, 15) is 4.79 Å². The van der Waals surface area contributed by atoms with E-state index in [0.29, 0.717) is 6.61 Å². The number of pyridine rings is 1.